The van der Waals surface area contributed by atoms with Gasteiger partial charge in [-0.15, -0.1) is 0 Å². The summed E-state index contributed by atoms with van der Waals surface area (Å²) in [5.41, 5.74) is 0. The quantitative estimate of drug-likeness (QED) is 0.575. The molecule has 0 aromatic heterocycles. The molecule has 0 atom stereocenters. The third-order valence-corrected chi connectivity index (χ3v) is 2.81. The fraction of sp³-hybridized carbons (Fsp3) is 0.688. The van der Waals surface area contributed by atoms with Gasteiger partial charge in [0.15, 0.2) is 0 Å². The predicted octanol–water partition coefficient (Wildman–Crippen LogP) is 4.83. The van der Waals surface area contributed by atoms with Gasteiger partial charge in [-0.1, -0.05) is 34.6 Å². The summed E-state index contributed by atoms with van der Waals surface area (Å²) in [6.45, 7) is 11.0. The van der Waals surface area contributed by atoms with Crippen LogP contribution in [-0.2, 0) is 21.7 Å². The molecule has 0 unspecified atom stereocenters. The summed E-state index contributed by atoms with van der Waals surface area (Å²) in [7, 11) is 10.5. The first-order chi connectivity index (χ1) is 8.80. The third kappa shape index (κ3) is 13.6. The van der Waals surface area contributed by atoms with Gasteiger partial charge in [0.1, 0.15) is 0 Å². The zero-order valence-electron chi connectivity index (χ0n) is 15.3. The Morgan fingerprint density at radius 1 is 0.400 bits per heavy atom. The molecule has 1 rings (SSSR count). The van der Waals surface area contributed by atoms with E-state index < -0.39 is 0 Å². The Morgan fingerprint density at radius 2 is 0.450 bits per heavy atom. The van der Waals surface area contributed by atoms with Gasteiger partial charge in [0, 0.05) is 0 Å². The summed E-state index contributed by atoms with van der Waals surface area (Å²) < 4.78 is 0. The molecule has 0 saturated heterocycles. The van der Waals surface area contributed by atoms with Gasteiger partial charge in [0.05, 0.1) is 0 Å². The number of rotatable bonds is 0. The Morgan fingerprint density at radius 3 is 0.500 bits per heavy atom. The second-order valence-corrected chi connectivity index (χ2v) is 4.47. The van der Waals surface area contributed by atoms with E-state index >= 15 is 0 Å². The molecule has 3 nitrogen and oxygen atoms in total. The summed E-state index contributed by atoms with van der Waals surface area (Å²) >= 11 is 0. The van der Waals surface area contributed by atoms with Crippen LogP contribution in [0.5, 0.6) is 0 Å². The monoisotopic (exact) mass is 315 g/mol. The zero-order chi connectivity index (χ0) is 16.0. The van der Waals surface area contributed by atoms with Gasteiger partial charge in [-0.2, -0.15) is 42.3 Å². The van der Waals surface area contributed by atoms with Crippen LogP contribution >= 0.6 is 0 Å². The molecule has 0 aromatic carbocycles. The molecule has 0 heterocycles. The van der Waals surface area contributed by atoms with Gasteiger partial charge in [-0.05, 0) is 29.6 Å². The molecule has 0 aliphatic heterocycles. The van der Waals surface area contributed by atoms with Gasteiger partial charge in [0.25, 0.3) is 0 Å². The van der Waals surface area contributed by atoms with Gasteiger partial charge < -0.3 is 16.0 Å². The maximum absolute atomic E-state index is 3.50. The smallest absolute Gasteiger partial charge is 0.668 e. The maximum Gasteiger partial charge on any atom is 3.00 e. The van der Waals surface area contributed by atoms with Crippen LogP contribution in [0.25, 0.3) is 16.0 Å². The van der Waals surface area contributed by atoms with Crippen molar-refractivity contribution in [2.24, 2.45) is 0 Å². The molecule has 0 amide bonds. The van der Waals surface area contributed by atoms with E-state index in [2.05, 4.69) is 50.6 Å². The molecule has 0 N–H and O–H groups in total. The number of hydrogen-bond donors (Lipinski definition) is 0. The molecule has 6 radical (unpaired) electrons. The van der Waals surface area contributed by atoms with E-state index in [1.54, 1.807) is 42.3 Å². The normalized spacial score (nSPS) is 16.9. The molecule has 0 aromatic rings. The Balaban J connectivity index is -0.000000108. The average molecular weight is 315 g/mol. The van der Waals surface area contributed by atoms with E-state index in [0.29, 0.717) is 0 Å². The summed E-state index contributed by atoms with van der Waals surface area (Å²) in [5, 5.41) is 10.5. The van der Waals surface area contributed by atoms with E-state index in [0.717, 1.165) is 0 Å². The number of nitrogens with zero attached hydrogens (tertiary/aromatic N) is 3. The molecule has 116 valence electrons. The third-order valence-electron chi connectivity index (χ3n) is 2.81. The fourth-order valence-electron chi connectivity index (χ4n) is 1.41. The summed E-state index contributed by atoms with van der Waals surface area (Å²) in [5.74, 6) is 7.34. The molecule has 4 heteroatoms. The standard InChI is InChI=1S/C10H15.3C2H6N.Ti/c1-6-7(2)9(4)10(5)8(6)3;3*1-3-2;/h1-5H3;3*1-2H3;/q;3*-1;+3. The molecular weight excluding hydrogens is 282 g/mol. The van der Waals surface area contributed by atoms with Crippen molar-refractivity contribution >= 4 is 0 Å². The minimum atomic E-state index is 0. The van der Waals surface area contributed by atoms with Crippen molar-refractivity contribution in [1.29, 1.82) is 0 Å². The maximum atomic E-state index is 3.50. The Bertz CT molecular complexity index is 118. The topological polar surface area (TPSA) is 42.3 Å². The zero-order valence-corrected chi connectivity index (χ0v) is 16.9. The molecule has 0 spiro atoms. The van der Waals surface area contributed by atoms with Gasteiger partial charge in [0.2, 0.25) is 0 Å². The largest absolute Gasteiger partial charge is 3.00 e. The van der Waals surface area contributed by atoms with E-state index in [1.807, 2.05) is 0 Å². The van der Waals surface area contributed by atoms with Crippen molar-refractivity contribution in [3.05, 3.63) is 45.5 Å². The predicted molar refractivity (Wildman–Crippen MR) is 90.2 cm³/mol. The van der Waals surface area contributed by atoms with Crippen molar-refractivity contribution in [2.45, 2.75) is 34.6 Å². The molecular formula is C16H33N3Ti. The van der Waals surface area contributed by atoms with Gasteiger partial charge in [-0.3, -0.25) is 0 Å². The summed E-state index contributed by atoms with van der Waals surface area (Å²) in [6, 6.07) is 0. The van der Waals surface area contributed by atoms with Crippen LogP contribution in [0.1, 0.15) is 34.6 Å². The van der Waals surface area contributed by atoms with E-state index in [-0.39, 0.29) is 21.7 Å². The molecule has 1 aliphatic carbocycles. The van der Waals surface area contributed by atoms with Crippen LogP contribution in [0, 0.1) is 29.6 Å². The van der Waals surface area contributed by atoms with Crippen molar-refractivity contribution in [3.63, 3.8) is 0 Å². The van der Waals surface area contributed by atoms with Gasteiger partial charge >= 0.3 is 21.7 Å². The summed E-state index contributed by atoms with van der Waals surface area (Å²) in [6.07, 6.45) is 0. The van der Waals surface area contributed by atoms with Crippen LogP contribution in [0.15, 0.2) is 0 Å². The van der Waals surface area contributed by atoms with Crippen LogP contribution in [0.4, 0.5) is 0 Å². The van der Waals surface area contributed by atoms with E-state index in [1.165, 1.54) is 29.6 Å². The first-order valence-electron chi connectivity index (χ1n) is 6.43. The SMILES string of the molecule is C[C]1[C](C)[C](C)[C](C)[C]1C.C[N-]C.C[N-]C.C[N-]C.[Ti+3]. The Kier molecular flexibility index (Phi) is 28.1. The van der Waals surface area contributed by atoms with Crippen molar-refractivity contribution < 1.29 is 21.7 Å². The molecule has 1 aliphatic rings. The van der Waals surface area contributed by atoms with E-state index in [9.17, 15) is 0 Å². The van der Waals surface area contributed by atoms with Crippen LogP contribution in [0.3, 0.4) is 0 Å². The van der Waals surface area contributed by atoms with Crippen LogP contribution in [-0.4, -0.2) is 42.3 Å². The second kappa shape index (κ2) is 19.6. The Hall–Kier alpha value is 0.594. The van der Waals surface area contributed by atoms with Crippen molar-refractivity contribution in [3.8, 4) is 0 Å². The van der Waals surface area contributed by atoms with Crippen LogP contribution < -0.4 is 0 Å². The van der Waals surface area contributed by atoms with Gasteiger partial charge in [-0.25, -0.2) is 0 Å². The van der Waals surface area contributed by atoms with Crippen molar-refractivity contribution in [1.82, 2.24) is 0 Å². The first-order valence-corrected chi connectivity index (χ1v) is 6.43. The van der Waals surface area contributed by atoms with Crippen molar-refractivity contribution in [2.75, 3.05) is 42.3 Å². The van der Waals surface area contributed by atoms with E-state index in [4.69, 9.17) is 0 Å². The average Bonchev–Trinajstić information content (AvgIpc) is 2.51. The Labute approximate surface area is 144 Å². The minimum absolute atomic E-state index is 0. The fourth-order valence-corrected chi connectivity index (χ4v) is 1.41. The number of hydrogen-bond acceptors (Lipinski definition) is 0. The minimum Gasteiger partial charge on any atom is -0.668 e. The second-order valence-electron chi connectivity index (χ2n) is 4.47. The van der Waals surface area contributed by atoms with Crippen LogP contribution in [0.2, 0.25) is 0 Å². The summed E-state index contributed by atoms with van der Waals surface area (Å²) in [4.78, 5) is 0. The molecule has 20 heavy (non-hydrogen) atoms. The molecule has 1 fully saturated rings. The first kappa shape index (κ1) is 28.7. The molecule has 0 bridgehead atoms. The molecule has 1 saturated carbocycles.